The quantitative estimate of drug-likeness (QED) is 0.658. The predicted molar refractivity (Wildman–Crippen MR) is 98.6 cm³/mol. The summed E-state index contributed by atoms with van der Waals surface area (Å²) in [5, 5.41) is 5.73. The van der Waals surface area contributed by atoms with E-state index in [-0.39, 0.29) is 5.91 Å². The zero-order valence-corrected chi connectivity index (χ0v) is 14.9. The maximum Gasteiger partial charge on any atom is 0.224 e. The maximum atomic E-state index is 12.1. The summed E-state index contributed by atoms with van der Waals surface area (Å²) >= 11 is 3.19. The summed E-state index contributed by atoms with van der Waals surface area (Å²) < 4.78 is 0. The van der Waals surface area contributed by atoms with Crippen LogP contribution in [0.4, 0.5) is 5.69 Å². The molecule has 1 N–H and O–H groups in total. The Kier molecular flexibility index (Phi) is 5.61. The number of rotatable bonds is 6. The Bertz CT molecular complexity index is 804. The molecule has 0 aliphatic heterocycles. The average Bonchev–Trinajstić information content (AvgIpc) is 3.10. The smallest absolute Gasteiger partial charge is 0.224 e. The second-order valence-corrected chi connectivity index (χ2v) is 7.31. The molecule has 0 unspecified atom stereocenters. The molecule has 1 aromatic carbocycles. The van der Waals surface area contributed by atoms with Crippen molar-refractivity contribution < 1.29 is 4.79 Å². The fourth-order valence-electron chi connectivity index (χ4n) is 2.19. The molecule has 0 saturated carbocycles. The van der Waals surface area contributed by atoms with Gasteiger partial charge in [0, 0.05) is 34.3 Å². The van der Waals surface area contributed by atoms with E-state index in [2.05, 4.69) is 21.4 Å². The lowest BCUT2D eigenvalue weighted by atomic mass is 10.2. The van der Waals surface area contributed by atoms with Gasteiger partial charge in [0.15, 0.2) is 5.16 Å². The molecule has 3 aromatic rings. The third kappa shape index (κ3) is 4.66. The van der Waals surface area contributed by atoms with Crippen LogP contribution >= 0.6 is 23.1 Å². The number of carbonyl (C=O) groups is 1. The fourth-order valence-corrected chi connectivity index (χ4v) is 3.71. The second kappa shape index (κ2) is 8.08. The topological polar surface area (TPSA) is 54.9 Å². The normalized spacial score (nSPS) is 10.5. The summed E-state index contributed by atoms with van der Waals surface area (Å²) in [6.45, 7) is 1.99. The highest BCUT2D eigenvalue weighted by molar-refractivity contribution is 7.99. The molecule has 122 valence electrons. The van der Waals surface area contributed by atoms with Crippen LogP contribution in [0.1, 0.15) is 16.9 Å². The first-order valence-electron chi connectivity index (χ1n) is 7.58. The summed E-state index contributed by atoms with van der Waals surface area (Å²) in [6, 6.07) is 11.8. The Labute approximate surface area is 149 Å². The molecule has 0 bridgehead atoms. The SMILES string of the molecule is Cc1cc(Sc2ncccn2)ccc1NC(=O)CCc1cccs1. The molecule has 4 nitrogen and oxygen atoms in total. The van der Waals surface area contributed by atoms with Crippen LogP contribution in [0.15, 0.2) is 64.2 Å². The second-order valence-electron chi connectivity index (χ2n) is 5.24. The number of aromatic nitrogens is 2. The van der Waals surface area contributed by atoms with Gasteiger partial charge in [-0.15, -0.1) is 11.3 Å². The van der Waals surface area contributed by atoms with E-state index in [0.29, 0.717) is 11.6 Å². The minimum atomic E-state index is 0.0401. The van der Waals surface area contributed by atoms with Crippen LogP contribution in [0.2, 0.25) is 0 Å². The molecular formula is C18H17N3OS2. The van der Waals surface area contributed by atoms with Gasteiger partial charge in [0.05, 0.1) is 0 Å². The van der Waals surface area contributed by atoms with Crippen molar-refractivity contribution in [3.05, 3.63) is 64.6 Å². The first-order valence-corrected chi connectivity index (χ1v) is 9.28. The number of thiophene rings is 1. The number of hydrogen-bond donors (Lipinski definition) is 1. The van der Waals surface area contributed by atoms with Gasteiger partial charge >= 0.3 is 0 Å². The van der Waals surface area contributed by atoms with Gasteiger partial charge in [0.1, 0.15) is 0 Å². The van der Waals surface area contributed by atoms with Crippen molar-refractivity contribution in [1.82, 2.24) is 9.97 Å². The lowest BCUT2D eigenvalue weighted by Crippen LogP contribution is -2.12. The molecule has 6 heteroatoms. The Hall–Kier alpha value is -2.18. The molecule has 3 rings (SSSR count). The monoisotopic (exact) mass is 355 g/mol. The first kappa shape index (κ1) is 16.7. The fraction of sp³-hybridized carbons (Fsp3) is 0.167. The van der Waals surface area contributed by atoms with Crippen LogP contribution < -0.4 is 5.32 Å². The largest absolute Gasteiger partial charge is 0.326 e. The number of hydrogen-bond acceptors (Lipinski definition) is 5. The zero-order valence-electron chi connectivity index (χ0n) is 13.2. The number of aryl methyl sites for hydroxylation is 2. The number of nitrogens with zero attached hydrogens (tertiary/aromatic N) is 2. The molecular weight excluding hydrogens is 338 g/mol. The van der Waals surface area contributed by atoms with E-state index in [1.165, 1.54) is 16.6 Å². The van der Waals surface area contributed by atoms with Crippen molar-refractivity contribution in [2.24, 2.45) is 0 Å². The Morgan fingerprint density at radius 2 is 2.04 bits per heavy atom. The molecule has 2 aromatic heterocycles. The van der Waals surface area contributed by atoms with Gasteiger partial charge in [-0.1, -0.05) is 6.07 Å². The van der Waals surface area contributed by atoms with Crippen molar-refractivity contribution in [2.45, 2.75) is 29.8 Å². The number of amides is 1. The highest BCUT2D eigenvalue weighted by atomic mass is 32.2. The van der Waals surface area contributed by atoms with Crippen molar-refractivity contribution in [3.8, 4) is 0 Å². The number of nitrogens with one attached hydrogen (secondary N) is 1. The predicted octanol–water partition coefficient (Wildman–Crippen LogP) is 4.57. The van der Waals surface area contributed by atoms with Crippen LogP contribution in [0.25, 0.3) is 0 Å². The van der Waals surface area contributed by atoms with Gasteiger partial charge in [0.2, 0.25) is 5.91 Å². The van der Waals surface area contributed by atoms with Crippen LogP contribution in [-0.2, 0) is 11.2 Å². The van der Waals surface area contributed by atoms with Gasteiger partial charge < -0.3 is 5.32 Å². The van der Waals surface area contributed by atoms with Gasteiger partial charge in [-0.05, 0) is 66.4 Å². The minimum Gasteiger partial charge on any atom is -0.326 e. The van der Waals surface area contributed by atoms with Crippen LogP contribution in [0, 0.1) is 6.92 Å². The van der Waals surface area contributed by atoms with E-state index in [0.717, 1.165) is 22.6 Å². The number of benzene rings is 1. The Morgan fingerprint density at radius 1 is 1.21 bits per heavy atom. The molecule has 0 fully saturated rings. The Balaban J connectivity index is 1.59. The van der Waals surface area contributed by atoms with E-state index in [1.54, 1.807) is 29.8 Å². The minimum absolute atomic E-state index is 0.0401. The first-order chi connectivity index (χ1) is 11.7. The van der Waals surface area contributed by atoms with Crippen LogP contribution in [0.3, 0.4) is 0 Å². The lowest BCUT2D eigenvalue weighted by Gasteiger charge is -2.09. The van der Waals surface area contributed by atoms with E-state index in [1.807, 2.05) is 36.6 Å². The Morgan fingerprint density at radius 3 is 2.75 bits per heavy atom. The number of anilines is 1. The lowest BCUT2D eigenvalue weighted by molar-refractivity contribution is -0.116. The molecule has 0 aliphatic rings. The van der Waals surface area contributed by atoms with Gasteiger partial charge in [-0.2, -0.15) is 0 Å². The van der Waals surface area contributed by atoms with Crippen molar-refractivity contribution in [3.63, 3.8) is 0 Å². The highest BCUT2D eigenvalue weighted by Crippen LogP contribution is 2.28. The molecule has 0 saturated heterocycles. The molecule has 0 radical (unpaired) electrons. The molecule has 1 amide bonds. The van der Waals surface area contributed by atoms with Gasteiger partial charge in [-0.3, -0.25) is 4.79 Å². The van der Waals surface area contributed by atoms with Crippen molar-refractivity contribution in [2.75, 3.05) is 5.32 Å². The molecule has 2 heterocycles. The third-order valence-electron chi connectivity index (χ3n) is 3.40. The van der Waals surface area contributed by atoms with Gasteiger partial charge in [-0.25, -0.2) is 9.97 Å². The molecule has 0 aliphatic carbocycles. The third-order valence-corrected chi connectivity index (χ3v) is 5.22. The summed E-state index contributed by atoms with van der Waals surface area (Å²) in [5.74, 6) is 0.0401. The summed E-state index contributed by atoms with van der Waals surface area (Å²) in [6.07, 6.45) is 4.73. The van der Waals surface area contributed by atoms with Crippen molar-refractivity contribution >= 4 is 34.7 Å². The zero-order chi connectivity index (χ0) is 16.8. The average molecular weight is 355 g/mol. The van der Waals surface area contributed by atoms with Gasteiger partial charge in [0.25, 0.3) is 0 Å². The molecule has 0 spiro atoms. The molecule has 0 atom stereocenters. The maximum absolute atomic E-state index is 12.1. The van der Waals surface area contributed by atoms with Crippen LogP contribution in [-0.4, -0.2) is 15.9 Å². The van der Waals surface area contributed by atoms with Crippen molar-refractivity contribution in [1.29, 1.82) is 0 Å². The highest BCUT2D eigenvalue weighted by Gasteiger charge is 2.07. The summed E-state index contributed by atoms with van der Waals surface area (Å²) in [7, 11) is 0. The van der Waals surface area contributed by atoms with E-state index in [9.17, 15) is 4.79 Å². The molecule has 24 heavy (non-hydrogen) atoms. The van der Waals surface area contributed by atoms with E-state index in [4.69, 9.17) is 0 Å². The van der Waals surface area contributed by atoms with E-state index < -0.39 is 0 Å². The summed E-state index contributed by atoms with van der Waals surface area (Å²) in [4.78, 5) is 22.8. The summed E-state index contributed by atoms with van der Waals surface area (Å²) in [5.41, 5.74) is 1.88. The van der Waals surface area contributed by atoms with Crippen LogP contribution in [0.5, 0.6) is 0 Å². The standard InChI is InChI=1S/C18H17N3OS2/c1-13-12-15(24-18-19-9-3-10-20-18)5-7-16(13)21-17(22)8-6-14-4-2-11-23-14/h2-5,7,9-12H,6,8H2,1H3,(H,21,22). The van der Waals surface area contributed by atoms with E-state index >= 15 is 0 Å². The number of carbonyl (C=O) groups excluding carboxylic acids is 1.